The Labute approximate surface area is 218 Å². The van der Waals surface area contributed by atoms with Crippen molar-refractivity contribution in [3.05, 3.63) is 81.5 Å². The van der Waals surface area contributed by atoms with Gasteiger partial charge in [0.1, 0.15) is 11.4 Å². The summed E-state index contributed by atoms with van der Waals surface area (Å²) in [5.74, 6) is -0.609. The van der Waals surface area contributed by atoms with E-state index in [1.54, 1.807) is 69.4 Å². The highest BCUT2D eigenvalue weighted by molar-refractivity contribution is 6.35. The van der Waals surface area contributed by atoms with Crippen LogP contribution in [0.25, 0.3) is 16.9 Å². The van der Waals surface area contributed by atoms with E-state index >= 15 is 0 Å². The van der Waals surface area contributed by atoms with Crippen molar-refractivity contribution >= 4 is 46.7 Å². The van der Waals surface area contributed by atoms with Crippen LogP contribution in [-0.4, -0.2) is 37.4 Å². The number of carbonyl (C=O) groups is 2. The molecule has 2 heterocycles. The average Bonchev–Trinajstić information content (AvgIpc) is 3.25. The first-order chi connectivity index (χ1) is 16.9. The number of aromatic nitrogens is 3. The third-order valence-electron chi connectivity index (χ3n) is 5.32. The lowest BCUT2D eigenvalue weighted by Crippen LogP contribution is -2.37. The van der Waals surface area contributed by atoms with E-state index in [0.29, 0.717) is 32.8 Å². The van der Waals surface area contributed by atoms with Crippen molar-refractivity contribution in [1.82, 2.24) is 14.6 Å². The van der Waals surface area contributed by atoms with Gasteiger partial charge in [-0.3, -0.25) is 4.90 Å². The van der Waals surface area contributed by atoms with Crippen LogP contribution in [0.5, 0.6) is 0 Å². The Morgan fingerprint density at radius 3 is 2.47 bits per heavy atom. The second kappa shape index (κ2) is 9.79. The molecule has 186 valence electrons. The van der Waals surface area contributed by atoms with E-state index < -0.39 is 17.7 Å². The van der Waals surface area contributed by atoms with Crippen LogP contribution in [0.4, 0.5) is 10.6 Å². The lowest BCUT2D eigenvalue weighted by Gasteiger charge is -2.28. The molecule has 0 saturated carbocycles. The summed E-state index contributed by atoms with van der Waals surface area (Å²) in [6, 6.07) is 13.3. The van der Waals surface area contributed by atoms with E-state index in [-0.39, 0.29) is 12.1 Å². The number of ether oxygens (including phenoxy) is 1. The number of carbonyl (C=O) groups excluding carboxylic acids is 1. The number of rotatable bonds is 5. The predicted octanol–water partition coefficient (Wildman–Crippen LogP) is 6.65. The van der Waals surface area contributed by atoms with Crippen LogP contribution in [-0.2, 0) is 11.3 Å². The summed E-state index contributed by atoms with van der Waals surface area (Å²) in [4.78, 5) is 31.0. The molecule has 36 heavy (non-hydrogen) atoms. The summed E-state index contributed by atoms with van der Waals surface area (Å²) >= 11 is 12.5. The maximum Gasteiger partial charge on any atom is 0.416 e. The summed E-state index contributed by atoms with van der Waals surface area (Å²) in [7, 11) is 0. The minimum atomic E-state index is -1.01. The third-order valence-corrected chi connectivity index (χ3v) is 5.91. The minimum absolute atomic E-state index is 0.0836. The molecule has 0 saturated heterocycles. The molecule has 0 aliphatic rings. The average molecular weight is 527 g/mol. The zero-order valence-electron chi connectivity index (χ0n) is 20.1. The van der Waals surface area contributed by atoms with Crippen LogP contribution in [0.2, 0.25) is 10.0 Å². The number of amides is 1. The normalized spacial score (nSPS) is 11.5. The molecule has 1 amide bonds. The van der Waals surface area contributed by atoms with Gasteiger partial charge in [-0.15, -0.1) is 0 Å². The van der Waals surface area contributed by atoms with E-state index in [2.05, 4.69) is 10.1 Å². The molecule has 4 rings (SSSR count). The Morgan fingerprint density at radius 1 is 1.08 bits per heavy atom. The Morgan fingerprint density at radius 2 is 1.83 bits per heavy atom. The first-order valence-electron chi connectivity index (χ1n) is 11.1. The van der Waals surface area contributed by atoms with Gasteiger partial charge in [0, 0.05) is 27.7 Å². The third kappa shape index (κ3) is 5.45. The van der Waals surface area contributed by atoms with E-state index in [9.17, 15) is 14.7 Å². The van der Waals surface area contributed by atoms with Gasteiger partial charge in [-0.25, -0.2) is 14.6 Å². The van der Waals surface area contributed by atoms with Crippen LogP contribution in [0.15, 0.2) is 54.7 Å². The standard InChI is InChI=1S/C26H24Cl2N4O4/c1-15-11-16(24(33)34)6-8-19(15)21-13-23(32-22(30-21)9-10-29-32)31(25(35)36-26(2,3)4)14-17-5-7-18(27)12-20(17)28/h5-13H,14H2,1-4H3,(H,33,34). The van der Waals surface area contributed by atoms with Crippen molar-refractivity contribution in [3.63, 3.8) is 0 Å². The number of fused-ring (bicyclic) bond motifs is 1. The Kier molecular flexibility index (Phi) is 6.93. The zero-order valence-corrected chi connectivity index (χ0v) is 21.6. The zero-order chi connectivity index (χ0) is 26.2. The molecule has 0 spiro atoms. The number of hydrogen-bond acceptors (Lipinski definition) is 5. The second-order valence-corrected chi connectivity index (χ2v) is 10.1. The van der Waals surface area contributed by atoms with Gasteiger partial charge >= 0.3 is 12.1 Å². The molecule has 0 unspecified atom stereocenters. The highest BCUT2D eigenvalue weighted by Gasteiger charge is 2.27. The maximum atomic E-state index is 13.4. The number of carboxylic acid groups (broad SMARTS) is 1. The topological polar surface area (TPSA) is 97.0 Å². The van der Waals surface area contributed by atoms with Crippen LogP contribution in [0.3, 0.4) is 0 Å². The second-order valence-electron chi connectivity index (χ2n) is 9.24. The van der Waals surface area contributed by atoms with Crippen LogP contribution < -0.4 is 4.90 Å². The molecule has 1 N–H and O–H groups in total. The molecule has 0 fully saturated rings. The number of halogens is 2. The summed E-state index contributed by atoms with van der Waals surface area (Å²) in [5, 5.41) is 14.6. The van der Waals surface area contributed by atoms with Crippen molar-refractivity contribution in [2.24, 2.45) is 0 Å². The van der Waals surface area contributed by atoms with Gasteiger partial charge in [-0.05, 0) is 63.1 Å². The summed E-state index contributed by atoms with van der Waals surface area (Å²) in [6.07, 6.45) is 0.985. The smallest absolute Gasteiger partial charge is 0.416 e. The molecular weight excluding hydrogens is 503 g/mol. The molecule has 2 aromatic carbocycles. The number of anilines is 1. The molecule has 0 atom stereocenters. The highest BCUT2D eigenvalue weighted by atomic mass is 35.5. The lowest BCUT2D eigenvalue weighted by atomic mass is 10.0. The predicted molar refractivity (Wildman–Crippen MR) is 139 cm³/mol. The Balaban J connectivity index is 1.88. The van der Waals surface area contributed by atoms with Crippen molar-refractivity contribution in [3.8, 4) is 11.3 Å². The van der Waals surface area contributed by atoms with Gasteiger partial charge in [-0.1, -0.05) is 35.3 Å². The molecule has 8 nitrogen and oxygen atoms in total. The van der Waals surface area contributed by atoms with Gasteiger partial charge in [-0.2, -0.15) is 9.61 Å². The van der Waals surface area contributed by atoms with E-state index in [1.165, 1.54) is 15.5 Å². The molecule has 0 radical (unpaired) electrons. The molecule has 0 aliphatic heterocycles. The molecule has 0 aliphatic carbocycles. The van der Waals surface area contributed by atoms with Gasteiger partial charge in [0.05, 0.1) is 24.0 Å². The molecule has 4 aromatic rings. The lowest BCUT2D eigenvalue weighted by molar-refractivity contribution is 0.0574. The fraction of sp³-hybridized carbons (Fsp3) is 0.231. The van der Waals surface area contributed by atoms with Crippen LogP contribution in [0.1, 0.15) is 42.3 Å². The summed E-state index contributed by atoms with van der Waals surface area (Å²) in [6.45, 7) is 7.25. The van der Waals surface area contributed by atoms with Gasteiger partial charge < -0.3 is 9.84 Å². The number of aromatic carboxylic acids is 1. The number of nitrogens with zero attached hydrogens (tertiary/aromatic N) is 4. The number of aryl methyl sites for hydroxylation is 1. The molecular formula is C26H24Cl2N4O4. The van der Waals surface area contributed by atoms with Gasteiger partial charge in [0.25, 0.3) is 0 Å². The fourth-order valence-electron chi connectivity index (χ4n) is 3.69. The van der Waals surface area contributed by atoms with Crippen LogP contribution in [0, 0.1) is 6.92 Å². The minimum Gasteiger partial charge on any atom is -0.478 e. The molecule has 0 bridgehead atoms. The highest BCUT2D eigenvalue weighted by Crippen LogP contribution is 2.31. The van der Waals surface area contributed by atoms with Gasteiger partial charge in [0.2, 0.25) is 0 Å². The van der Waals surface area contributed by atoms with Crippen molar-refractivity contribution < 1.29 is 19.4 Å². The summed E-state index contributed by atoms with van der Waals surface area (Å²) in [5.41, 5.74) is 2.58. The number of carboxylic acids is 1. The first-order valence-corrected chi connectivity index (χ1v) is 11.8. The Hall–Kier alpha value is -3.62. The largest absolute Gasteiger partial charge is 0.478 e. The maximum absolute atomic E-state index is 13.4. The van der Waals surface area contributed by atoms with Crippen molar-refractivity contribution in [2.75, 3.05) is 4.90 Å². The SMILES string of the molecule is Cc1cc(C(=O)O)ccc1-c1cc(N(Cc2ccc(Cl)cc2Cl)C(=O)OC(C)(C)C)n2nccc2n1. The quantitative estimate of drug-likeness (QED) is 0.312. The van der Waals surface area contributed by atoms with Crippen molar-refractivity contribution in [2.45, 2.75) is 39.8 Å². The van der Waals surface area contributed by atoms with Gasteiger partial charge in [0.15, 0.2) is 5.65 Å². The van der Waals surface area contributed by atoms with E-state index in [1.807, 2.05) is 6.92 Å². The molecule has 2 aromatic heterocycles. The monoisotopic (exact) mass is 526 g/mol. The van der Waals surface area contributed by atoms with Crippen molar-refractivity contribution in [1.29, 1.82) is 0 Å². The fourth-order valence-corrected chi connectivity index (χ4v) is 4.16. The van der Waals surface area contributed by atoms with E-state index in [4.69, 9.17) is 27.9 Å². The van der Waals surface area contributed by atoms with E-state index in [0.717, 1.165) is 11.1 Å². The number of hydrogen-bond donors (Lipinski definition) is 1. The molecule has 10 heteroatoms. The van der Waals surface area contributed by atoms with Crippen LogP contribution >= 0.6 is 23.2 Å². The summed E-state index contributed by atoms with van der Waals surface area (Å²) < 4.78 is 7.26. The number of benzene rings is 2. The first kappa shape index (κ1) is 25.5. The Bertz CT molecular complexity index is 1480.